The van der Waals surface area contributed by atoms with Crippen LogP contribution >= 0.6 is 0 Å². The van der Waals surface area contributed by atoms with Crippen LogP contribution < -0.4 is 5.43 Å². The van der Waals surface area contributed by atoms with Gasteiger partial charge in [0, 0.05) is 5.56 Å². The van der Waals surface area contributed by atoms with Crippen molar-refractivity contribution in [3.8, 4) is 5.75 Å². The number of phenolic OH excluding ortho intramolecular Hbond substituents is 1. The van der Waals surface area contributed by atoms with Gasteiger partial charge in [-0.15, -0.1) is 0 Å². The molecule has 0 spiro atoms. The third-order valence-electron chi connectivity index (χ3n) is 3.81. The lowest BCUT2D eigenvalue weighted by atomic mass is 10.0. The zero-order valence-electron chi connectivity index (χ0n) is 13.4. The van der Waals surface area contributed by atoms with Crippen LogP contribution in [-0.4, -0.2) is 17.2 Å². The summed E-state index contributed by atoms with van der Waals surface area (Å²) in [6.45, 7) is 1.93. The molecule has 0 saturated carbocycles. The van der Waals surface area contributed by atoms with Gasteiger partial charge < -0.3 is 5.11 Å². The number of carbonyl (C=O) groups is 1. The summed E-state index contributed by atoms with van der Waals surface area (Å²) in [6.07, 6.45) is 1.70. The first-order chi connectivity index (χ1) is 11.6. The Balaban J connectivity index is 1.69. The molecule has 0 unspecified atom stereocenters. The molecule has 0 aliphatic carbocycles. The zero-order valence-corrected chi connectivity index (χ0v) is 13.4. The van der Waals surface area contributed by atoms with E-state index in [4.69, 9.17) is 0 Å². The lowest BCUT2D eigenvalue weighted by molar-refractivity contribution is -0.120. The van der Waals surface area contributed by atoms with Crippen LogP contribution in [0.15, 0.2) is 65.8 Å². The Morgan fingerprint density at radius 3 is 2.79 bits per heavy atom. The molecule has 120 valence electrons. The van der Waals surface area contributed by atoms with Crippen LogP contribution in [0.25, 0.3) is 10.8 Å². The molecule has 0 bridgehead atoms. The fourth-order valence-electron chi connectivity index (χ4n) is 2.61. The maximum atomic E-state index is 12.1. The van der Waals surface area contributed by atoms with Gasteiger partial charge in [0.25, 0.3) is 0 Å². The largest absolute Gasteiger partial charge is 0.507 e. The third-order valence-corrected chi connectivity index (χ3v) is 3.81. The Kier molecular flexibility index (Phi) is 4.57. The standard InChI is InChI=1S/C20H18N2O2/c1-14-9-10-19(23)17(11-14)13-21-22-20(24)12-16-7-4-6-15-5-2-3-8-18(15)16/h2-11,13,23H,12H2,1H3,(H,22,24)/b21-13-. The molecule has 0 heterocycles. The Bertz CT molecular complexity index is 911. The fourth-order valence-corrected chi connectivity index (χ4v) is 2.61. The number of benzene rings is 3. The molecule has 0 fully saturated rings. The summed E-state index contributed by atoms with van der Waals surface area (Å²) in [5.74, 6) is -0.0672. The minimum Gasteiger partial charge on any atom is -0.507 e. The Labute approximate surface area is 140 Å². The minimum absolute atomic E-state index is 0.132. The number of nitrogens with one attached hydrogen (secondary N) is 1. The summed E-state index contributed by atoms with van der Waals surface area (Å²) in [5, 5.41) is 15.9. The van der Waals surface area contributed by atoms with E-state index in [1.54, 1.807) is 12.1 Å². The molecule has 3 aromatic carbocycles. The summed E-state index contributed by atoms with van der Waals surface area (Å²) < 4.78 is 0. The van der Waals surface area contributed by atoms with E-state index < -0.39 is 0 Å². The van der Waals surface area contributed by atoms with Crippen LogP contribution in [0.3, 0.4) is 0 Å². The molecule has 24 heavy (non-hydrogen) atoms. The highest BCUT2D eigenvalue weighted by Crippen LogP contribution is 2.19. The zero-order chi connectivity index (χ0) is 16.9. The van der Waals surface area contributed by atoms with Crippen molar-refractivity contribution in [3.05, 3.63) is 77.4 Å². The minimum atomic E-state index is -0.199. The van der Waals surface area contributed by atoms with E-state index >= 15 is 0 Å². The number of hydrogen-bond donors (Lipinski definition) is 2. The highest BCUT2D eigenvalue weighted by atomic mass is 16.3. The molecule has 0 aliphatic heterocycles. The topological polar surface area (TPSA) is 61.7 Å². The number of aryl methyl sites for hydroxylation is 1. The molecule has 0 aromatic heterocycles. The average molecular weight is 318 g/mol. The van der Waals surface area contributed by atoms with Crippen molar-refractivity contribution in [1.82, 2.24) is 5.43 Å². The van der Waals surface area contributed by atoms with Crippen LogP contribution in [0.5, 0.6) is 5.75 Å². The molecular weight excluding hydrogens is 300 g/mol. The van der Waals surface area contributed by atoms with E-state index in [9.17, 15) is 9.90 Å². The smallest absolute Gasteiger partial charge is 0.244 e. The first kappa shape index (κ1) is 15.7. The first-order valence-electron chi connectivity index (χ1n) is 7.71. The second-order valence-corrected chi connectivity index (χ2v) is 5.67. The molecule has 2 N–H and O–H groups in total. The van der Waals surface area contributed by atoms with Gasteiger partial charge in [0.15, 0.2) is 0 Å². The van der Waals surface area contributed by atoms with Crippen molar-refractivity contribution in [3.63, 3.8) is 0 Å². The van der Waals surface area contributed by atoms with Gasteiger partial charge in [-0.1, -0.05) is 54.1 Å². The normalized spacial score (nSPS) is 11.0. The van der Waals surface area contributed by atoms with E-state index in [2.05, 4.69) is 10.5 Å². The number of carbonyl (C=O) groups excluding carboxylic acids is 1. The van der Waals surface area contributed by atoms with Gasteiger partial charge in [0.1, 0.15) is 5.75 Å². The van der Waals surface area contributed by atoms with Crippen LogP contribution in [0.2, 0.25) is 0 Å². The molecule has 0 radical (unpaired) electrons. The molecule has 4 nitrogen and oxygen atoms in total. The molecule has 0 aliphatic rings. The third kappa shape index (κ3) is 3.60. The second-order valence-electron chi connectivity index (χ2n) is 5.67. The molecule has 0 atom stereocenters. The molecule has 3 aromatic rings. The number of amides is 1. The number of fused-ring (bicyclic) bond motifs is 1. The Hall–Kier alpha value is -3.14. The number of hydrogen-bond acceptors (Lipinski definition) is 3. The molecular formula is C20H18N2O2. The van der Waals surface area contributed by atoms with Crippen molar-refractivity contribution in [2.45, 2.75) is 13.3 Å². The van der Waals surface area contributed by atoms with Crippen molar-refractivity contribution in [2.75, 3.05) is 0 Å². The van der Waals surface area contributed by atoms with Gasteiger partial charge in [-0.3, -0.25) is 4.79 Å². The lowest BCUT2D eigenvalue weighted by Crippen LogP contribution is -2.19. The van der Waals surface area contributed by atoms with Crippen molar-refractivity contribution < 1.29 is 9.90 Å². The van der Waals surface area contributed by atoms with Gasteiger partial charge >= 0.3 is 0 Å². The van der Waals surface area contributed by atoms with E-state index in [0.717, 1.165) is 21.9 Å². The van der Waals surface area contributed by atoms with Crippen molar-refractivity contribution in [2.24, 2.45) is 5.10 Å². The van der Waals surface area contributed by atoms with Gasteiger partial charge in [-0.05, 0) is 35.4 Å². The summed E-state index contributed by atoms with van der Waals surface area (Å²) in [4.78, 5) is 12.1. The SMILES string of the molecule is Cc1ccc(O)c(/C=N\NC(=O)Cc2cccc3ccccc23)c1. The predicted octanol–water partition coefficient (Wildman–Crippen LogP) is 3.55. The Morgan fingerprint density at radius 1 is 1.12 bits per heavy atom. The number of hydrazone groups is 1. The summed E-state index contributed by atoms with van der Waals surface area (Å²) in [5.41, 5.74) is 5.05. The lowest BCUT2D eigenvalue weighted by Gasteiger charge is -2.05. The second kappa shape index (κ2) is 6.96. The molecule has 4 heteroatoms. The number of rotatable bonds is 4. The van der Waals surface area contributed by atoms with Crippen molar-refractivity contribution >= 4 is 22.9 Å². The summed E-state index contributed by atoms with van der Waals surface area (Å²) in [7, 11) is 0. The van der Waals surface area contributed by atoms with E-state index in [1.165, 1.54) is 6.21 Å². The van der Waals surface area contributed by atoms with Crippen LogP contribution in [0, 0.1) is 6.92 Å². The fraction of sp³-hybridized carbons (Fsp3) is 0.100. The van der Waals surface area contributed by atoms with Crippen LogP contribution in [0.1, 0.15) is 16.7 Å². The van der Waals surface area contributed by atoms with Gasteiger partial charge in [-0.25, -0.2) is 5.43 Å². The maximum Gasteiger partial charge on any atom is 0.244 e. The first-order valence-corrected chi connectivity index (χ1v) is 7.71. The number of phenols is 1. The highest BCUT2D eigenvalue weighted by Gasteiger charge is 2.06. The van der Waals surface area contributed by atoms with Gasteiger partial charge in [-0.2, -0.15) is 5.10 Å². The predicted molar refractivity (Wildman–Crippen MR) is 96.2 cm³/mol. The van der Waals surface area contributed by atoms with Crippen molar-refractivity contribution in [1.29, 1.82) is 0 Å². The Morgan fingerprint density at radius 2 is 1.92 bits per heavy atom. The summed E-state index contributed by atoms with van der Waals surface area (Å²) >= 11 is 0. The maximum absolute atomic E-state index is 12.1. The van der Waals surface area contributed by atoms with Gasteiger partial charge in [0.2, 0.25) is 5.91 Å². The molecule has 1 amide bonds. The quantitative estimate of drug-likeness (QED) is 0.571. The summed E-state index contributed by atoms with van der Waals surface area (Å²) in [6, 6.07) is 19.1. The van der Waals surface area contributed by atoms with Crippen LogP contribution in [-0.2, 0) is 11.2 Å². The monoisotopic (exact) mass is 318 g/mol. The van der Waals surface area contributed by atoms with Crippen LogP contribution in [0.4, 0.5) is 0 Å². The number of nitrogens with zero attached hydrogens (tertiary/aromatic N) is 1. The van der Waals surface area contributed by atoms with E-state index in [-0.39, 0.29) is 18.1 Å². The van der Waals surface area contributed by atoms with Gasteiger partial charge in [0.05, 0.1) is 12.6 Å². The molecule has 3 rings (SSSR count). The number of aromatic hydroxyl groups is 1. The average Bonchev–Trinajstić information content (AvgIpc) is 2.58. The highest BCUT2D eigenvalue weighted by molar-refractivity contribution is 5.91. The van der Waals surface area contributed by atoms with E-state index in [1.807, 2.05) is 55.5 Å². The van der Waals surface area contributed by atoms with E-state index in [0.29, 0.717) is 5.56 Å². The molecule has 0 saturated heterocycles.